The van der Waals surface area contributed by atoms with Gasteiger partial charge in [-0.25, -0.2) is 0 Å². The van der Waals surface area contributed by atoms with Crippen molar-refractivity contribution in [1.29, 1.82) is 0 Å². The summed E-state index contributed by atoms with van der Waals surface area (Å²) in [7, 11) is 0. The summed E-state index contributed by atoms with van der Waals surface area (Å²) >= 11 is 0. The van der Waals surface area contributed by atoms with Gasteiger partial charge in [-0.2, -0.15) is 0 Å². The summed E-state index contributed by atoms with van der Waals surface area (Å²) in [6.07, 6.45) is 7.89. The third-order valence-corrected chi connectivity index (χ3v) is 4.36. The first-order valence-corrected chi connectivity index (χ1v) is 6.49. The van der Waals surface area contributed by atoms with Gasteiger partial charge in [0.05, 0.1) is 0 Å². The molecule has 2 aromatic rings. The van der Waals surface area contributed by atoms with Gasteiger partial charge in [-0.15, -0.1) is 0 Å². The zero-order valence-electron chi connectivity index (χ0n) is 9.55. The van der Waals surface area contributed by atoms with Crippen LogP contribution in [0.1, 0.15) is 35.1 Å². The predicted octanol–water partition coefficient (Wildman–Crippen LogP) is 3.82. The van der Waals surface area contributed by atoms with Gasteiger partial charge in [-0.1, -0.05) is 24.3 Å². The largest absolute Gasteiger partial charge is 0.0581 e. The Hall–Kier alpha value is -1.30. The molecule has 0 saturated carbocycles. The van der Waals surface area contributed by atoms with Gasteiger partial charge in [-0.3, -0.25) is 0 Å². The lowest BCUT2D eigenvalue weighted by Gasteiger charge is -2.09. The molecule has 80 valence electrons. The van der Waals surface area contributed by atoms with E-state index < -0.39 is 0 Å². The second-order valence-corrected chi connectivity index (χ2v) is 5.21. The van der Waals surface area contributed by atoms with E-state index in [1.165, 1.54) is 38.5 Å². The highest BCUT2D eigenvalue weighted by atomic mass is 14.2. The van der Waals surface area contributed by atoms with Crippen LogP contribution < -0.4 is 0 Å². The molecule has 0 aromatic heterocycles. The van der Waals surface area contributed by atoms with E-state index in [0.717, 1.165) is 0 Å². The smallest absolute Gasteiger partial charge is 0.0146 e. The van der Waals surface area contributed by atoms with Crippen molar-refractivity contribution < 1.29 is 0 Å². The Bertz CT molecular complexity index is 525. The Morgan fingerprint density at radius 3 is 1.56 bits per heavy atom. The lowest BCUT2D eigenvalue weighted by atomic mass is 9.95. The van der Waals surface area contributed by atoms with Crippen LogP contribution in [0.15, 0.2) is 24.3 Å². The van der Waals surface area contributed by atoms with Gasteiger partial charge in [0.2, 0.25) is 0 Å². The normalized spacial score (nSPS) is 17.8. The Morgan fingerprint density at radius 1 is 0.562 bits per heavy atom. The Balaban J connectivity index is 2.11. The average Bonchev–Trinajstić information content (AvgIpc) is 2.96. The number of aryl methyl sites for hydroxylation is 4. The summed E-state index contributed by atoms with van der Waals surface area (Å²) in [5, 5.41) is 3.10. The van der Waals surface area contributed by atoms with Gasteiger partial charge < -0.3 is 0 Å². The van der Waals surface area contributed by atoms with Crippen molar-refractivity contribution in [3.63, 3.8) is 0 Å². The maximum Gasteiger partial charge on any atom is -0.0146 e. The van der Waals surface area contributed by atoms with Crippen molar-refractivity contribution in [2.24, 2.45) is 0 Å². The van der Waals surface area contributed by atoms with Crippen LogP contribution >= 0.6 is 0 Å². The quantitative estimate of drug-likeness (QED) is 0.617. The minimum absolute atomic E-state index is 1.29. The van der Waals surface area contributed by atoms with E-state index in [4.69, 9.17) is 0 Å². The van der Waals surface area contributed by atoms with Crippen LogP contribution in [-0.4, -0.2) is 0 Å². The molecule has 2 aliphatic rings. The van der Waals surface area contributed by atoms with Crippen molar-refractivity contribution in [3.8, 4) is 0 Å². The topological polar surface area (TPSA) is 0 Å². The van der Waals surface area contributed by atoms with Crippen molar-refractivity contribution in [2.45, 2.75) is 38.5 Å². The highest BCUT2D eigenvalue weighted by Crippen LogP contribution is 2.35. The fourth-order valence-corrected chi connectivity index (χ4v) is 3.59. The molecule has 2 aromatic carbocycles. The summed E-state index contributed by atoms with van der Waals surface area (Å²) in [6.45, 7) is 0. The SMILES string of the molecule is c1cc2c3c(ccc2c2c1CCC2)CCC3. The number of fused-ring (bicyclic) bond motifs is 5. The first kappa shape index (κ1) is 8.81. The van der Waals surface area contributed by atoms with Gasteiger partial charge in [-0.05, 0) is 71.6 Å². The van der Waals surface area contributed by atoms with Crippen LogP contribution in [0.4, 0.5) is 0 Å². The molecule has 0 unspecified atom stereocenters. The molecule has 0 nitrogen and oxygen atoms in total. The highest BCUT2D eigenvalue weighted by molar-refractivity contribution is 5.91. The van der Waals surface area contributed by atoms with Gasteiger partial charge in [0.25, 0.3) is 0 Å². The van der Waals surface area contributed by atoms with E-state index in [1.54, 1.807) is 33.0 Å². The van der Waals surface area contributed by atoms with Gasteiger partial charge in [0.15, 0.2) is 0 Å². The maximum absolute atomic E-state index is 2.38. The second-order valence-electron chi connectivity index (χ2n) is 5.21. The Kier molecular flexibility index (Phi) is 1.71. The third-order valence-electron chi connectivity index (χ3n) is 4.36. The van der Waals surface area contributed by atoms with Crippen molar-refractivity contribution in [1.82, 2.24) is 0 Å². The zero-order chi connectivity index (χ0) is 10.5. The van der Waals surface area contributed by atoms with Crippen molar-refractivity contribution in [3.05, 3.63) is 46.5 Å². The first-order valence-electron chi connectivity index (χ1n) is 6.49. The second kappa shape index (κ2) is 3.10. The summed E-state index contributed by atoms with van der Waals surface area (Å²) < 4.78 is 0. The van der Waals surface area contributed by atoms with Gasteiger partial charge in [0, 0.05) is 0 Å². The Labute approximate surface area is 96.3 Å². The van der Waals surface area contributed by atoms with Crippen molar-refractivity contribution in [2.75, 3.05) is 0 Å². The zero-order valence-corrected chi connectivity index (χ0v) is 9.55. The van der Waals surface area contributed by atoms with E-state index in [-0.39, 0.29) is 0 Å². The molecular formula is C16H16. The van der Waals surface area contributed by atoms with Gasteiger partial charge >= 0.3 is 0 Å². The summed E-state index contributed by atoms with van der Waals surface area (Å²) in [5.41, 5.74) is 6.50. The predicted molar refractivity (Wildman–Crippen MR) is 68.0 cm³/mol. The number of benzene rings is 2. The number of hydrogen-bond acceptors (Lipinski definition) is 0. The van der Waals surface area contributed by atoms with Gasteiger partial charge in [0.1, 0.15) is 0 Å². The van der Waals surface area contributed by atoms with Crippen LogP contribution in [0.5, 0.6) is 0 Å². The Morgan fingerprint density at radius 2 is 1.06 bits per heavy atom. The average molecular weight is 208 g/mol. The van der Waals surface area contributed by atoms with E-state index in [0.29, 0.717) is 0 Å². The van der Waals surface area contributed by atoms with E-state index in [2.05, 4.69) is 24.3 Å². The fraction of sp³-hybridized carbons (Fsp3) is 0.375. The van der Waals surface area contributed by atoms with Crippen LogP contribution in [0, 0.1) is 0 Å². The molecule has 0 aliphatic heterocycles. The van der Waals surface area contributed by atoms with Crippen LogP contribution in [-0.2, 0) is 25.7 Å². The van der Waals surface area contributed by atoms with Crippen LogP contribution in [0.3, 0.4) is 0 Å². The molecule has 0 amide bonds. The highest BCUT2D eigenvalue weighted by Gasteiger charge is 2.18. The minimum atomic E-state index is 1.29. The van der Waals surface area contributed by atoms with Crippen molar-refractivity contribution >= 4 is 10.8 Å². The number of rotatable bonds is 0. The molecule has 4 rings (SSSR count). The third kappa shape index (κ3) is 1.05. The molecule has 0 bridgehead atoms. The molecule has 0 atom stereocenters. The monoisotopic (exact) mass is 208 g/mol. The summed E-state index contributed by atoms with van der Waals surface area (Å²) in [4.78, 5) is 0. The van der Waals surface area contributed by atoms with Crippen LogP contribution in [0.2, 0.25) is 0 Å². The standard InChI is InChI=1S/C16H16/c1-3-11-7-9-16-14-6-2-4-12(14)8-10-15(16)13(11)5-1/h7-10H,1-6H2. The molecule has 0 saturated heterocycles. The minimum Gasteiger partial charge on any atom is -0.0581 e. The molecule has 0 fully saturated rings. The molecule has 0 heteroatoms. The molecule has 2 aliphatic carbocycles. The maximum atomic E-state index is 2.38. The fourth-order valence-electron chi connectivity index (χ4n) is 3.59. The van der Waals surface area contributed by atoms with E-state index in [1.807, 2.05) is 0 Å². The summed E-state index contributed by atoms with van der Waals surface area (Å²) in [6, 6.07) is 9.51. The summed E-state index contributed by atoms with van der Waals surface area (Å²) in [5.74, 6) is 0. The first-order chi connectivity index (χ1) is 7.93. The molecule has 0 heterocycles. The number of hydrogen-bond donors (Lipinski definition) is 0. The lowest BCUT2D eigenvalue weighted by molar-refractivity contribution is 0.913. The molecule has 16 heavy (non-hydrogen) atoms. The lowest BCUT2D eigenvalue weighted by Crippen LogP contribution is -1.90. The molecule has 0 radical (unpaired) electrons. The molecule has 0 N–H and O–H groups in total. The van der Waals surface area contributed by atoms with E-state index >= 15 is 0 Å². The molecule has 0 spiro atoms. The van der Waals surface area contributed by atoms with Crippen LogP contribution in [0.25, 0.3) is 10.8 Å². The van der Waals surface area contributed by atoms with E-state index in [9.17, 15) is 0 Å². The molecular weight excluding hydrogens is 192 g/mol.